The van der Waals surface area contributed by atoms with Crippen LogP contribution in [0.5, 0.6) is 0 Å². The fraction of sp³-hybridized carbons (Fsp3) is 0.333. The fourth-order valence-electron chi connectivity index (χ4n) is 0.971. The molecule has 0 aliphatic carbocycles. The Morgan fingerprint density at radius 3 is 2.83 bits per heavy atom. The maximum Gasteiger partial charge on any atom is 0.126 e. The highest BCUT2D eigenvalue weighted by molar-refractivity contribution is 5.45. The van der Waals surface area contributed by atoms with Gasteiger partial charge in [-0.25, -0.2) is 4.39 Å². The normalized spacial score (nSPS) is 9.92. The summed E-state index contributed by atoms with van der Waals surface area (Å²) in [7, 11) is 0. The van der Waals surface area contributed by atoms with Crippen LogP contribution in [0, 0.1) is 12.7 Å². The van der Waals surface area contributed by atoms with Crippen molar-refractivity contribution in [1.29, 1.82) is 0 Å². The van der Waals surface area contributed by atoms with E-state index < -0.39 is 0 Å². The lowest BCUT2D eigenvalue weighted by Gasteiger charge is -2.05. The smallest absolute Gasteiger partial charge is 0.126 e. The summed E-state index contributed by atoms with van der Waals surface area (Å²) in [6.07, 6.45) is 0. The van der Waals surface area contributed by atoms with Crippen molar-refractivity contribution in [3.05, 3.63) is 29.6 Å². The minimum Gasteiger partial charge on any atom is -0.384 e. The first-order valence-corrected chi connectivity index (χ1v) is 3.94. The molecule has 1 aromatic rings. The van der Waals surface area contributed by atoms with Crippen LogP contribution < -0.4 is 11.1 Å². The SMILES string of the molecule is Cc1cc(NCCN)ccc1F. The molecule has 0 aromatic heterocycles. The van der Waals surface area contributed by atoms with Gasteiger partial charge < -0.3 is 11.1 Å². The minimum atomic E-state index is -0.173. The van der Waals surface area contributed by atoms with Crippen LogP contribution in [0.1, 0.15) is 5.56 Å². The maximum atomic E-state index is 12.8. The van der Waals surface area contributed by atoms with Crippen LogP contribution in [-0.2, 0) is 0 Å². The first kappa shape index (κ1) is 9.00. The molecule has 66 valence electrons. The van der Waals surface area contributed by atoms with Gasteiger partial charge in [0, 0.05) is 18.8 Å². The molecule has 12 heavy (non-hydrogen) atoms. The Bertz CT molecular complexity index is 261. The van der Waals surface area contributed by atoms with E-state index in [4.69, 9.17) is 5.73 Å². The molecule has 2 nitrogen and oxygen atoms in total. The molecule has 0 saturated heterocycles. The second-order valence-electron chi connectivity index (χ2n) is 2.68. The van der Waals surface area contributed by atoms with Gasteiger partial charge in [-0.2, -0.15) is 0 Å². The summed E-state index contributed by atoms with van der Waals surface area (Å²) in [5.74, 6) is -0.173. The number of aryl methyl sites for hydroxylation is 1. The molecule has 0 radical (unpaired) electrons. The van der Waals surface area contributed by atoms with Crippen LogP contribution in [0.2, 0.25) is 0 Å². The van der Waals surface area contributed by atoms with E-state index in [-0.39, 0.29) is 5.82 Å². The quantitative estimate of drug-likeness (QED) is 0.717. The first-order valence-electron chi connectivity index (χ1n) is 3.94. The number of nitrogens with one attached hydrogen (secondary N) is 1. The van der Waals surface area contributed by atoms with Crippen LogP contribution in [-0.4, -0.2) is 13.1 Å². The fourth-order valence-corrected chi connectivity index (χ4v) is 0.971. The van der Waals surface area contributed by atoms with Crippen molar-refractivity contribution in [2.45, 2.75) is 6.92 Å². The molecule has 0 heterocycles. The van der Waals surface area contributed by atoms with Crippen molar-refractivity contribution in [3.8, 4) is 0 Å². The van der Waals surface area contributed by atoms with Crippen LogP contribution in [0.4, 0.5) is 10.1 Å². The first-order chi connectivity index (χ1) is 5.74. The van der Waals surface area contributed by atoms with E-state index in [2.05, 4.69) is 5.32 Å². The molecule has 0 bridgehead atoms. The summed E-state index contributed by atoms with van der Waals surface area (Å²) < 4.78 is 12.8. The molecule has 3 heteroatoms. The van der Waals surface area contributed by atoms with E-state index in [9.17, 15) is 4.39 Å². The number of rotatable bonds is 3. The number of nitrogens with two attached hydrogens (primary N) is 1. The Labute approximate surface area is 71.6 Å². The van der Waals surface area contributed by atoms with E-state index in [1.54, 1.807) is 19.1 Å². The zero-order chi connectivity index (χ0) is 8.97. The van der Waals surface area contributed by atoms with E-state index in [1.807, 2.05) is 0 Å². The topological polar surface area (TPSA) is 38.0 Å². The molecular formula is C9H13FN2. The average molecular weight is 168 g/mol. The molecular weight excluding hydrogens is 155 g/mol. The van der Waals surface area contributed by atoms with Gasteiger partial charge in [-0.15, -0.1) is 0 Å². The van der Waals surface area contributed by atoms with Gasteiger partial charge in [-0.1, -0.05) is 0 Å². The third-order valence-electron chi connectivity index (χ3n) is 1.63. The van der Waals surface area contributed by atoms with Gasteiger partial charge in [-0.05, 0) is 30.7 Å². The van der Waals surface area contributed by atoms with Crippen molar-refractivity contribution < 1.29 is 4.39 Å². The maximum absolute atomic E-state index is 12.8. The summed E-state index contributed by atoms with van der Waals surface area (Å²) in [5.41, 5.74) is 6.87. The molecule has 0 atom stereocenters. The molecule has 0 spiro atoms. The Balaban J connectivity index is 2.69. The Morgan fingerprint density at radius 2 is 2.25 bits per heavy atom. The van der Waals surface area contributed by atoms with Gasteiger partial charge >= 0.3 is 0 Å². The van der Waals surface area contributed by atoms with Gasteiger partial charge in [0.1, 0.15) is 5.82 Å². The third kappa shape index (κ3) is 2.20. The lowest BCUT2D eigenvalue weighted by molar-refractivity contribution is 0.618. The van der Waals surface area contributed by atoms with Crippen molar-refractivity contribution >= 4 is 5.69 Å². The number of halogens is 1. The number of hydrogen-bond donors (Lipinski definition) is 2. The standard InChI is InChI=1S/C9H13FN2/c1-7-6-8(12-5-4-11)2-3-9(7)10/h2-3,6,12H,4-5,11H2,1H3. The summed E-state index contributed by atoms with van der Waals surface area (Å²) in [6, 6.07) is 4.93. The second kappa shape index (κ2) is 4.07. The monoisotopic (exact) mass is 168 g/mol. The molecule has 0 fully saturated rings. The van der Waals surface area contributed by atoms with E-state index in [1.165, 1.54) is 6.07 Å². The highest BCUT2D eigenvalue weighted by Gasteiger charge is 1.96. The molecule has 0 amide bonds. The molecule has 3 N–H and O–H groups in total. The highest BCUT2D eigenvalue weighted by Crippen LogP contribution is 2.12. The number of benzene rings is 1. The predicted octanol–water partition coefficient (Wildman–Crippen LogP) is 1.50. The molecule has 0 saturated carbocycles. The van der Waals surface area contributed by atoms with E-state index in [0.717, 1.165) is 5.69 Å². The van der Waals surface area contributed by atoms with Crippen molar-refractivity contribution in [3.63, 3.8) is 0 Å². The van der Waals surface area contributed by atoms with Crippen LogP contribution in [0.3, 0.4) is 0 Å². The Hall–Kier alpha value is -1.09. The van der Waals surface area contributed by atoms with Gasteiger partial charge in [-0.3, -0.25) is 0 Å². The van der Waals surface area contributed by atoms with Gasteiger partial charge in [0.05, 0.1) is 0 Å². The lowest BCUT2D eigenvalue weighted by atomic mass is 10.2. The second-order valence-corrected chi connectivity index (χ2v) is 2.68. The zero-order valence-electron chi connectivity index (χ0n) is 7.10. The molecule has 0 unspecified atom stereocenters. The Morgan fingerprint density at radius 1 is 1.50 bits per heavy atom. The highest BCUT2D eigenvalue weighted by atomic mass is 19.1. The number of hydrogen-bond acceptors (Lipinski definition) is 2. The summed E-state index contributed by atoms with van der Waals surface area (Å²) >= 11 is 0. The molecule has 1 aromatic carbocycles. The lowest BCUT2D eigenvalue weighted by Crippen LogP contribution is -2.13. The number of anilines is 1. The van der Waals surface area contributed by atoms with E-state index in [0.29, 0.717) is 18.7 Å². The average Bonchev–Trinajstić information content (AvgIpc) is 2.07. The van der Waals surface area contributed by atoms with Crippen molar-refractivity contribution in [1.82, 2.24) is 0 Å². The van der Waals surface area contributed by atoms with Crippen molar-refractivity contribution in [2.24, 2.45) is 5.73 Å². The summed E-state index contributed by atoms with van der Waals surface area (Å²) in [6.45, 7) is 3.03. The van der Waals surface area contributed by atoms with Crippen molar-refractivity contribution in [2.75, 3.05) is 18.4 Å². The van der Waals surface area contributed by atoms with Gasteiger partial charge in [0.2, 0.25) is 0 Å². The molecule has 0 aliphatic heterocycles. The Kier molecular flexibility index (Phi) is 3.05. The summed E-state index contributed by atoms with van der Waals surface area (Å²) in [5, 5.41) is 3.07. The van der Waals surface area contributed by atoms with Gasteiger partial charge in [0.15, 0.2) is 0 Å². The van der Waals surface area contributed by atoms with Crippen LogP contribution in [0.15, 0.2) is 18.2 Å². The zero-order valence-corrected chi connectivity index (χ0v) is 7.10. The van der Waals surface area contributed by atoms with Gasteiger partial charge in [0.25, 0.3) is 0 Å². The third-order valence-corrected chi connectivity index (χ3v) is 1.63. The molecule has 0 aliphatic rings. The predicted molar refractivity (Wildman–Crippen MR) is 48.7 cm³/mol. The van der Waals surface area contributed by atoms with Crippen LogP contribution >= 0.6 is 0 Å². The molecule has 1 rings (SSSR count). The van der Waals surface area contributed by atoms with E-state index >= 15 is 0 Å². The summed E-state index contributed by atoms with van der Waals surface area (Å²) in [4.78, 5) is 0. The minimum absolute atomic E-state index is 0.173. The largest absolute Gasteiger partial charge is 0.384 e. The van der Waals surface area contributed by atoms with Crippen LogP contribution in [0.25, 0.3) is 0 Å².